The molecule has 1 amide bonds. The molecule has 0 bridgehead atoms. The van der Waals surface area contributed by atoms with Crippen LogP contribution in [0.3, 0.4) is 0 Å². The first-order valence-corrected chi connectivity index (χ1v) is 8.40. The zero-order chi connectivity index (χ0) is 17.4. The molecular weight excluding hydrogens is 339 g/mol. The van der Waals surface area contributed by atoms with E-state index in [0.717, 1.165) is 26.9 Å². The van der Waals surface area contributed by atoms with Gasteiger partial charge in [-0.15, -0.1) is 11.3 Å². The van der Waals surface area contributed by atoms with Crippen molar-refractivity contribution in [1.82, 2.24) is 4.98 Å². The maximum Gasteiger partial charge on any atom is 0.265 e. The van der Waals surface area contributed by atoms with Crippen LogP contribution in [0.25, 0.3) is 21.1 Å². The van der Waals surface area contributed by atoms with Crippen molar-refractivity contribution in [1.29, 1.82) is 0 Å². The zero-order valence-corrected chi connectivity index (χ0v) is 14.1. The Balaban J connectivity index is 1.71. The number of anilines is 1. The fourth-order valence-electron chi connectivity index (χ4n) is 2.60. The number of rotatable bonds is 3. The van der Waals surface area contributed by atoms with E-state index in [9.17, 15) is 9.18 Å². The molecule has 0 unspecified atom stereocenters. The lowest BCUT2D eigenvalue weighted by Crippen LogP contribution is -2.11. The number of halogens is 1. The van der Waals surface area contributed by atoms with Gasteiger partial charge in [0.05, 0.1) is 23.2 Å². The number of carbonyl (C=O) groups excluding carboxylic acids is 1. The van der Waals surface area contributed by atoms with Crippen LogP contribution < -0.4 is 10.1 Å². The number of fused-ring (bicyclic) bond motifs is 2. The van der Waals surface area contributed by atoms with Crippen molar-refractivity contribution in [2.45, 2.75) is 0 Å². The van der Waals surface area contributed by atoms with E-state index in [-0.39, 0.29) is 11.6 Å². The largest absolute Gasteiger partial charge is 0.497 e. The average molecular weight is 352 g/mol. The molecule has 0 aliphatic carbocycles. The second kappa shape index (κ2) is 6.14. The van der Waals surface area contributed by atoms with Crippen molar-refractivity contribution >= 4 is 44.1 Å². The number of para-hydroxylation sites is 1. The average Bonchev–Trinajstić information content (AvgIpc) is 3.04. The second-order valence-electron chi connectivity index (χ2n) is 5.49. The standard InChI is InChI=1S/C19H13FN2O2S/c1-24-13-6-7-15-11(9-13)8-12-10-17(25-19(12)22-15)18(23)21-16-5-3-2-4-14(16)20/h2-10H,1H3,(H,21,23). The summed E-state index contributed by atoms with van der Waals surface area (Å²) >= 11 is 1.28. The highest BCUT2D eigenvalue weighted by Gasteiger charge is 2.14. The van der Waals surface area contributed by atoms with Gasteiger partial charge in [-0.05, 0) is 42.5 Å². The number of ether oxygens (including phenoxy) is 1. The van der Waals surface area contributed by atoms with Crippen LogP contribution in [0.2, 0.25) is 0 Å². The van der Waals surface area contributed by atoms with Gasteiger partial charge >= 0.3 is 0 Å². The Morgan fingerprint density at radius 3 is 2.76 bits per heavy atom. The highest BCUT2D eigenvalue weighted by molar-refractivity contribution is 7.20. The molecule has 0 saturated carbocycles. The lowest BCUT2D eigenvalue weighted by atomic mass is 10.2. The maximum atomic E-state index is 13.7. The molecular formula is C19H13FN2O2S. The number of pyridine rings is 1. The fourth-order valence-corrected chi connectivity index (χ4v) is 3.52. The van der Waals surface area contributed by atoms with Crippen LogP contribution in [0.5, 0.6) is 5.75 Å². The third-order valence-electron chi connectivity index (χ3n) is 3.85. The van der Waals surface area contributed by atoms with Gasteiger partial charge in [0.25, 0.3) is 5.91 Å². The minimum atomic E-state index is -0.465. The highest BCUT2D eigenvalue weighted by atomic mass is 32.1. The van der Waals surface area contributed by atoms with Gasteiger partial charge in [0.15, 0.2) is 0 Å². The topological polar surface area (TPSA) is 51.2 Å². The first-order chi connectivity index (χ1) is 12.1. The highest BCUT2D eigenvalue weighted by Crippen LogP contribution is 2.29. The molecule has 0 fully saturated rings. The molecule has 1 N–H and O–H groups in total. The molecule has 0 aliphatic heterocycles. The van der Waals surface area contributed by atoms with Crippen LogP contribution in [-0.2, 0) is 0 Å². The molecule has 0 aliphatic rings. The first kappa shape index (κ1) is 15.5. The van der Waals surface area contributed by atoms with E-state index in [2.05, 4.69) is 10.3 Å². The van der Waals surface area contributed by atoms with Crippen LogP contribution in [0, 0.1) is 5.82 Å². The summed E-state index contributed by atoms with van der Waals surface area (Å²) in [5.41, 5.74) is 0.990. The molecule has 4 rings (SSSR count). The molecule has 2 aromatic carbocycles. The Kier molecular flexibility index (Phi) is 3.82. The van der Waals surface area contributed by atoms with Crippen LogP contribution in [0.15, 0.2) is 54.6 Å². The summed E-state index contributed by atoms with van der Waals surface area (Å²) in [6.45, 7) is 0. The smallest absolute Gasteiger partial charge is 0.265 e. The van der Waals surface area contributed by atoms with Crippen molar-refractivity contribution in [3.8, 4) is 5.75 Å². The van der Waals surface area contributed by atoms with Gasteiger partial charge < -0.3 is 10.1 Å². The van der Waals surface area contributed by atoms with Crippen LogP contribution in [0.4, 0.5) is 10.1 Å². The molecule has 0 radical (unpaired) electrons. The van der Waals surface area contributed by atoms with Crippen molar-refractivity contribution in [3.05, 3.63) is 65.3 Å². The summed E-state index contributed by atoms with van der Waals surface area (Å²) in [7, 11) is 1.61. The Hall–Kier alpha value is -2.99. The van der Waals surface area contributed by atoms with E-state index < -0.39 is 5.82 Å². The summed E-state index contributed by atoms with van der Waals surface area (Å²) in [5.74, 6) is -0.0657. The molecule has 25 heavy (non-hydrogen) atoms. The van der Waals surface area contributed by atoms with Crippen molar-refractivity contribution in [3.63, 3.8) is 0 Å². The second-order valence-corrected chi connectivity index (χ2v) is 6.52. The normalized spacial score (nSPS) is 11.0. The number of nitrogens with one attached hydrogen (secondary N) is 1. The monoisotopic (exact) mass is 352 g/mol. The third kappa shape index (κ3) is 2.92. The summed E-state index contributed by atoms with van der Waals surface area (Å²) in [6, 6.07) is 15.4. The van der Waals surface area contributed by atoms with E-state index in [0.29, 0.717) is 4.88 Å². The molecule has 6 heteroatoms. The van der Waals surface area contributed by atoms with E-state index in [4.69, 9.17) is 4.74 Å². The van der Waals surface area contributed by atoms with E-state index in [1.165, 1.54) is 23.5 Å². The van der Waals surface area contributed by atoms with Gasteiger partial charge in [0.2, 0.25) is 0 Å². The molecule has 2 heterocycles. The van der Waals surface area contributed by atoms with Gasteiger partial charge in [-0.3, -0.25) is 4.79 Å². The number of carbonyl (C=O) groups is 1. The number of nitrogens with zero attached hydrogens (tertiary/aromatic N) is 1. The van der Waals surface area contributed by atoms with Gasteiger partial charge in [-0.25, -0.2) is 9.37 Å². The quantitative estimate of drug-likeness (QED) is 0.573. The minimum absolute atomic E-state index is 0.160. The number of methoxy groups -OCH3 is 1. The minimum Gasteiger partial charge on any atom is -0.497 e. The molecule has 4 aromatic rings. The van der Waals surface area contributed by atoms with E-state index >= 15 is 0 Å². The number of benzene rings is 2. The van der Waals surface area contributed by atoms with Crippen molar-refractivity contribution in [2.24, 2.45) is 0 Å². The van der Waals surface area contributed by atoms with Crippen molar-refractivity contribution < 1.29 is 13.9 Å². The van der Waals surface area contributed by atoms with Gasteiger partial charge in [-0.1, -0.05) is 12.1 Å². The summed E-state index contributed by atoms with van der Waals surface area (Å²) in [4.78, 5) is 18.2. The first-order valence-electron chi connectivity index (χ1n) is 7.58. The number of hydrogen-bond donors (Lipinski definition) is 1. The molecule has 0 atom stereocenters. The number of thiophene rings is 1. The number of amides is 1. The van der Waals surface area contributed by atoms with Gasteiger partial charge in [0, 0.05) is 10.8 Å². The lowest BCUT2D eigenvalue weighted by molar-refractivity contribution is 0.103. The SMILES string of the molecule is COc1ccc2nc3sc(C(=O)Nc4ccccc4F)cc3cc2c1. The predicted molar refractivity (Wildman–Crippen MR) is 98.0 cm³/mol. The van der Waals surface area contributed by atoms with Gasteiger partial charge in [-0.2, -0.15) is 0 Å². The third-order valence-corrected chi connectivity index (χ3v) is 4.90. The van der Waals surface area contributed by atoms with E-state index in [1.807, 2.05) is 24.3 Å². The van der Waals surface area contributed by atoms with Crippen LogP contribution in [-0.4, -0.2) is 18.0 Å². The maximum absolute atomic E-state index is 13.7. The lowest BCUT2D eigenvalue weighted by Gasteiger charge is -2.03. The van der Waals surface area contributed by atoms with Crippen molar-refractivity contribution in [2.75, 3.05) is 12.4 Å². The molecule has 0 spiro atoms. The van der Waals surface area contributed by atoms with Crippen LogP contribution >= 0.6 is 11.3 Å². The Bertz CT molecular complexity index is 1110. The van der Waals surface area contributed by atoms with Crippen LogP contribution in [0.1, 0.15) is 9.67 Å². The summed E-state index contributed by atoms with van der Waals surface area (Å²) in [6.07, 6.45) is 0. The fraction of sp³-hybridized carbons (Fsp3) is 0.0526. The molecule has 0 saturated heterocycles. The number of hydrogen-bond acceptors (Lipinski definition) is 4. The Morgan fingerprint density at radius 2 is 1.96 bits per heavy atom. The molecule has 4 nitrogen and oxygen atoms in total. The Labute approximate surface area is 146 Å². The summed E-state index contributed by atoms with van der Waals surface area (Å²) < 4.78 is 18.9. The van der Waals surface area contributed by atoms with Gasteiger partial charge in [0.1, 0.15) is 16.4 Å². The Morgan fingerprint density at radius 1 is 1.12 bits per heavy atom. The molecule has 2 aromatic heterocycles. The molecule has 124 valence electrons. The van der Waals surface area contributed by atoms with E-state index in [1.54, 1.807) is 25.3 Å². The number of aromatic nitrogens is 1. The predicted octanol–water partition coefficient (Wildman–Crippen LogP) is 4.85. The summed E-state index contributed by atoms with van der Waals surface area (Å²) in [5, 5.41) is 4.40. The zero-order valence-electron chi connectivity index (χ0n) is 13.2.